The Morgan fingerprint density at radius 1 is 1.09 bits per heavy atom. The van der Waals surface area contributed by atoms with E-state index in [-0.39, 0.29) is 17.4 Å². The van der Waals surface area contributed by atoms with E-state index in [1.807, 2.05) is 19.0 Å². The number of nitrogens with zero attached hydrogens (tertiary/aromatic N) is 3. The van der Waals surface area contributed by atoms with E-state index in [1.165, 1.54) is 28.6 Å². The first-order chi connectivity index (χ1) is 16.3. The average Bonchev–Trinajstić information content (AvgIpc) is 2.84. The van der Waals surface area contributed by atoms with Crippen LogP contribution < -0.4 is 15.0 Å². The first-order valence-corrected chi connectivity index (χ1v) is 12.4. The van der Waals surface area contributed by atoms with Crippen LogP contribution in [0.2, 0.25) is 0 Å². The lowest BCUT2D eigenvalue weighted by Crippen LogP contribution is -2.42. The van der Waals surface area contributed by atoms with E-state index in [2.05, 4.69) is 5.32 Å². The molecule has 2 aliphatic heterocycles. The van der Waals surface area contributed by atoms with Gasteiger partial charge in [0.2, 0.25) is 10.0 Å². The predicted molar refractivity (Wildman–Crippen MR) is 127 cm³/mol. The normalized spacial score (nSPS) is 16.8. The van der Waals surface area contributed by atoms with Crippen molar-refractivity contribution in [2.45, 2.75) is 4.90 Å². The summed E-state index contributed by atoms with van der Waals surface area (Å²) in [5.41, 5.74) is 1.42. The van der Waals surface area contributed by atoms with Crippen molar-refractivity contribution in [3.05, 3.63) is 48.0 Å². The molecule has 2 amide bonds. The summed E-state index contributed by atoms with van der Waals surface area (Å²) in [4.78, 5) is 29.0. The molecule has 1 fully saturated rings. The zero-order valence-corrected chi connectivity index (χ0v) is 20.0. The molecule has 0 aliphatic carbocycles. The lowest BCUT2D eigenvalue weighted by Gasteiger charge is -2.30. The topological polar surface area (TPSA) is 108 Å². The Morgan fingerprint density at radius 2 is 1.79 bits per heavy atom. The molecule has 0 aromatic heterocycles. The van der Waals surface area contributed by atoms with E-state index in [9.17, 15) is 18.0 Å². The number of hydrogen-bond acceptors (Lipinski definition) is 7. The standard InChI is InChI=1S/C23H28N4O6S/c1-25(2)9-10-27-20-15-18(5-8-21(20)33-16-22(27)28)24-23(29)17-3-6-19(7-4-17)34(30,31)26-11-13-32-14-12-26/h3-8,15H,9-14,16H2,1-2H3,(H,24,29). The lowest BCUT2D eigenvalue weighted by atomic mass is 10.1. The maximum Gasteiger partial charge on any atom is 0.265 e. The summed E-state index contributed by atoms with van der Waals surface area (Å²) in [5, 5.41) is 2.81. The third-order valence-electron chi connectivity index (χ3n) is 5.65. The fourth-order valence-electron chi connectivity index (χ4n) is 3.74. The van der Waals surface area contributed by atoms with E-state index >= 15 is 0 Å². The number of fused-ring (bicyclic) bond motifs is 1. The number of sulfonamides is 1. The number of ether oxygens (including phenoxy) is 2. The van der Waals surface area contributed by atoms with Crippen molar-refractivity contribution in [1.82, 2.24) is 9.21 Å². The molecule has 2 aromatic carbocycles. The van der Waals surface area contributed by atoms with Crippen molar-refractivity contribution in [3.8, 4) is 5.75 Å². The van der Waals surface area contributed by atoms with Crippen LogP contribution in [-0.4, -0.2) is 89.5 Å². The third kappa shape index (κ3) is 5.22. The van der Waals surface area contributed by atoms with Gasteiger partial charge in [-0.2, -0.15) is 4.31 Å². The largest absolute Gasteiger partial charge is 0.482 e. The first kappa shape index (κ1) is 24.1. The minimum atomic E-state index is -3.63. The van der Waals surface area contributed by atoms with Crippen molar-refractivity contribution >= 4 is 33.2 Å². The number of hydrogen-bond donors (Lipinski definition) is 1. The minimum Gasteiger partial charge on any atom is -0.482 e. The van der Waals surface area contributed by atoms with Gasteiger partial charge in [0.15, 0.2) is 6.61 Å². The molecule has 0 bridgehead atoms. The molecule has 1 saturated heterocycles. The van der Waals surface area contributed by atoms with Crippen molar-refractivity contribution < 1.29 is 27.5 Å². The van der Waals surface area contributed by atoms with Crippen LogP contribution in [0.1, 0.15) is 10.4 Å². The summed E-state index contributed by atoms with van der Waals surface area (Å²) < 4.78 is 37.7. The molecule has 2 aliphatic rings. The zero-order valence-electron chi connectivity index (χ0n) is 19.2. The average molecular weight is 489 g/mol. The zero-order chi connectivity index (χ0) is 24.3. The van der Waals surface area contributed by atoms with Crippen LogP contribution >= 0.6 is 0 Å². The fraction of sp³-hybridized carbons (Fsp3) is 0.391. The molecule has 0 unspecified atom stereocenters. The molecule has 11 heteroatoms. The number of nitrogens with one attached hydrogen (secondary N) is 1. The fourth-order valence-corrected chi connectivity index (χ4v) is 5.15. The van der Waals surface area contributed by atoms with Crippen molar-refractivity contribution in [2.75, 3.05) is 70.3 Å². The number of rotatable bonds is 7. The van der Waals surface area contributed by atoms with Gasteiger partial charge in [0.1, 0.15) is 5.75 Å². The van der Waals surface area contributed by atoms with E-state index in [0.717, 1.165) is 0 Å². The van der Waals surface area contributed by atoms with Gasteiger partial charge in [0.25, 0.3) is 11.8 Å². The van der Waals surface area contributed by atoms with Crippen LogP contribution in [0.25, 0.3) is 0 Å². The van der Waals surface area contributed by atoms with E-state index in [1.54, 1.807) is 23.1 Å². The Bertz CT molecular complexity index is 1160. The highest BCUT2D eigenvalue weighted by Gasteiger charge is 2.27. The highest BCUT2D eigenvalue weighted by Crippen LogP contribution is 2.34. The van der Waals surface area contributed by atoms with Crippen LogP contribution in [0.4, 0.5) is 11.4 Å². The Morgan fingerprint density at radius 3 is 2.47 bits per heavy atom. The molecule has 0 radical (unpaired) electrons. The molecule has 1 N–H and O–H groups in total. The summed E-state index contributed by atoms with van der Waals surface area (Å²) in [6.07, 6.45) is 0. The van der Waals surface area contributed by atoms with Crippen LogP contribution in [-0.2, 0) is 19.6 Å². The van der Waals surface area contributed by atoms with Gasteiger partial charge in [0.05, 0.1) is 23.8 Å². The summed E-state index contributed by atoms with van der Waals surface area (Å²) in [5.74, 6) is 0.0436. The van der Waals surface area contributed by atoms with Crippen molar-refractivity contribution in [2.24, 2.45) is 0 Å². The number of amides is 2. The van der Waals surface area contributed by atoms with Gasteiger partial charge in [-0.25, -0.2) is 8.42 Å². The summed E-state index contributed by atoms with van der Waals surface area (Å²) >= 11 is 0. The predicted octanol–water partition coefficient (Wildman–Crippen LogP) is 1.25. The molecular formula is C23H28N4O6S. The Labute approximate surface area is 199 Å². The van der Waals surface area contributed by atoms with E-state index < -0.39 is 15.9 Å². The second-order valence-electron chi connectivity index (χ2n) is 8.31. The Kier molecular flexibility index (Phi) is 7.17. The van der Waals surface area contributed by atoms with Crippen molar-refractivity contribution in [3.63, 3.8) is 0 Å². The van der Waals surface area contributed by atoms with Gasteiger partial charge in [0, 0.05) is 37.4 Å². The second kappa shape index (κ2) is 10.1. The molecule has 2 heterocycles. The molecule has 182 valence electrons. The summed E-state index contributed by atoms with van der Waals surface area (Å²) in [6, 6.07) is 11.0. The van der Waals surface area contributed by atoms with Gasteiger partial charge in [-0.05, 0) is 56.6 Å². The second-order valence-corrected chi connectivity index (χ2v) is 10.3. The highest BCUT2D eigenvalue weighted by molar-refractivity contribution is 7.89. The molecule has 0 atom stereocenters. The smallest absolute Gasteiger partial charge is 0.265 e. The number of carbonyl (C=O) groups is 2. The summed E-state index contributed by atoms with van der Waals surface area (Å²) in [7, 11) is 0.231. The van der Waals surface area contributed by atoms with Crippen LogP contribution in [0, 0.1) is 0 Å². The number of likely N-dealkylation sites (N-methyl/N-ethyl adjacent to an activating group) is 1. The quantitative estimate of drug-likeness (QED) is 0.625. The van der Waals surface area contributed by atoms with Crippen molar-refractivity contribution in [1.29, 1.82) is 0 Å². The molecule has 10 nitrogen and oxygen atoms in total. The maximum atomic E-state index is 12.8. The van der Waals surface area contributed by atoms with Crippen LogP contribution in [0.3, 0.4) is 0 Å². The van der Waals surface area contributed by atoms with E-state index in [0.29, 0.717) is 62.1 Å². The number of morpholine rings is 1. The molecule has 34 heavy (non-hydrogen) atoms. The SMILES string of the molecule is CN(C)CCN1C(=O)COc2ccc(NC(=O)c3ccc(S(=O)(=O)N4CCOCC4)cc3)cc21. The van der Waals surface area contributed by atoms with Gasteiger partial charge in [-0.1, -0.05) is 0 Å². The Hall–Kier alpha value is -2.99. The number of benzene rings is 2. The lowest BCUT2D eigenvalue weighted by molar-refractivity contribution is -0.121. The van der Waals surface area contributed by atoms with Gasteiger partial charge < -0.3 is 24.6 Å². The molecule has 4 rings (SSSR count). The Balaban J connectivity index is 1.48. The van der Waals surface area contributed by atoms with E-state index in [4.69, 9.17) is 9.47 Å². The molecular weight excluding hydrogens is 460 g/mol. The number of anilines is 2. The maximum absolute atomic E-state index is 12.8. The molecule has 2 aromatic rings. The highest BCUT2D eigenvalue weighted by atomic mass is 32.2. The van der Waals surface area contributed by atoms with Crippen LogP contribution in [0.15, 0.2) is 47.4 Å². The monoisotopic (exact) mass is 488 g/mol. The van der Waals surface area contributed by atoms with Gasteiger partial charge in [-0.15, -0.1) is 0 Å². The van der Waals surface area contributed by atoms with Gasteiger partial charge >= 0.3 is 0 Å². The van der Waals surface area contributed by atoms with Gasteiger partial charge in [-0.3, -0.25) is 9.59 Å². The summed E-state index contributed by atoms with van der Waals surface area (Å²) in [6.45, 7) is 2.50. The first-order valence-electron chi connectivity index (χ1n) is 11.0. The minimum absolute atomic E-state index is 0.0220. The van der Waals surface area contributed by atoms with Crippen LogP contribution in [0.5, 0.6) is 5.75 Å². The number of carbonyl (C=O) groups excluding carboxylic acids is 2. The third-order valence-corrected chi connectivity index (χ3v) is 7.57. The molecule has 0 saturated carbocycles. The molecule has 0 spiro atoms.